The number of nitrogens with zero attached hydrogens (tertiary/aromatic N) is 4. The van der Waals surface area contributed by atoms with E-state index < -0.39 is 10.0 Å². The first-order valence-corrected chi connectivity index (χ1v) is 11.0. The molecule has 3 rings (SSSR count). The number of primary sulfonamides is 1. The molecular weight excluding hydrogens is 418 g/mol. The standard InChI is InChI=1S/C19H25N9O2S/c1-22-9-11-28(20)12-10-23-13-14-5-7-15(8-6-14)16-3-2-4-17(31(21,29)30)18(16)19-24-26-27-25-19/h2-9,11,22-23H,10,12-13,20H2,1H3,(H2,21,29,30)(H,24,25,26,27)/b11-9-. The highest BCUT2D eigenvalue weighted by atomic mass is 32.2. The zero-order chi connectivity index (χ0) is 22.3. The maximum Gasteiger partial charge on any atom is 0.238 e. The number of benzene rings is 2. The third kappa shape index (κ3) is 5.86. The molecule has 1 aromatic heterocycles. The molecule has 0 saturated heterocycles. The predicted molar refractivity (Wildman–Crippen MR) is 117 cm³/mol. The molecule has 0 atom stereocenters. The summed E-state index contributed by atoms with van der Waals surface area (Å²) in [7, 11) is -2.17. The number of H-pyrrole nitrogens is 1. The van der Waals surface area contributed by atoms with Crippen LogP contribution in [0.5, 0.6) is 0 Å². The number of hydrazine groups is 1. The average Bonchev–Trinajstić information content (AvgIpc) is 3.29. The number of tetrazole rings is 1. The van der Waals surface area contributed by atoms with E-state index in [4.69, 9.17) is 11.0 Å². The Morgan fingerprint density at radius 3 is 2.61 bits per heavy atom. The molecule has 0 amide bonds. The minimum Gasteiger partial charge on any atom is -0.393 e. The Kier molecular flexibility index (Phi) is 7.31. The van der Waals surface area contributed by atoms with E-state index in [2.05, 4.69) is 31.3 Å². The van der Waals surface area contributed by atoms with Gasteiger partial charge in [-0.05, 0) is 33.2 Å². The molecule has 0 spiro atoms. The Hall–Kier alpha value is -3.32. The van der Waals surface area contributed by atoms with E-state index in [1.165, 1.54) is 6.07 Å². The van der Waals surface area contributed by atoms with Crippen molar-refractivity contribution in [1.82, 2.24) is 36.3 Å². The molecule has 0 bridgehead atoms. The molecule has 0 saturated carbocycles. The lowest BCUT2D eigenvalue weighted by molar-refractivity contribution is 0.384. The zero-order valence-electron chi connectivity index (χ0n) is 17.0. The lowest BCUT2D eigenvalue weighted by Gasteiger charge is -2.14. The molecular formula is C19H25N9O2S. The lowest BCUT2D eigenvalue weighted by atomic mass is 9.98. The van der Waals surface area contributed by atoms with Gasteiger partial charge in [0.2, 0.25) is 10.0 Å². The summed E-state index contributed by atoms with van der Waals surface area (Å²) < 4.78 is 24.2. The first kappa shape index (κ1) is 22.4. The van der Waals surface area contributed by atoms with Gasteiger partial charge in [0.25, 0.3) is 0 Å². The molecule has 3 aromatic rings. The van der Waals surface area contributed by atoms with Crippen molar-refractivity contribution in [2.24, 2.45) is 11.0 Å². The molecule has 7 N–H and O–H groups in total. The quantitative estimate of drug-likeness (QED) is 0.166. The summed E-state index contributed by atoms with van der Waals surface area (Å²) in [5, 5.41) is 26.8. The maximum atomic E-state index is 12.1. The second-order valence-electron chi connectivity index (χ2n) is 6.69. The van der Waals surface area contributed by atoms with Gasteiger partial charge in [-0.25, -0.2) is 24.5 Å². The second kappa shape index (κ2) is 10.1. The van der Waals surface area contributed by atoms with Gasteiger partial charge in [-0.2, -0.15) is 0 Å². The van der Waals surface area contributed by atoms with Gasteiger partial charge >= 0.3 is 0 Å². The number of nitrogens with one attached hydrogen (secondary N) is 3. The number of hydrogen-bond acceptors (Lipinski definition) is 9. The number of aromatic nitrogens is 4. The zero-order valence-corrected chi connectivity index (χ0v) is 17.8. The molecule has 12 heteroatoms. The van der Waals surface area contributed by atoms with Crippen molar-refractivity contribution in [3.05, 3.63) is 60.4 Å². The van der Waals surface area contributed by atoms with Crippen LogP contribution in [0.25, 0.3) is 22.5 Å². The van der Waals surface area contributed by atoms with E-state index in [0.29, 0.717) is 30.8 Å². The van der Waals surface area contributed by atoms with Gasteiger partial charge in [-0.3, -0.25) is 0 Å². The van der Waals surface area contributed by atoms with Crippen molar-refractivity contribution < 1.29 is 8.42 Å². The molecule has 0 fully saturated rings. The van der Waals surface area contributed by atoms with E-state index in [1.807, 2.05) is 31.3 Å². The summed E-state index contributed by atoms with van der Waals surface area (Å²) in [5.74, 6) is 6.04. The van der Waals surface area contributed by atoms with Crippen LogP contribution in [0.3, 0.4) is 0 Å². The van der Waals surface area contributed by atoms with Gasteiger partial charge in [-0.1, -0.05) is 36.4 Å². The van der Waals surface area contributed by atoms with E-state index in [-0.39, 0.29) is 10.7 Å². The van der Waals surface area contributed by atoms with E-state index in [1.54, 1.807) is 29.5 Å². The first-order chi connectivity index (χ1) is 14.9. The number of aromatic amines is 1. The third-order valence-electron chi connectivity index (χ3n) is 4.49. The monoisotopic (exact) mass is 443 g/mol. The van der Waals surface area contributed by atoms with Crippen LogP contribution in [-0.4, -0.2) is 54.2 Å². The highest BCUT2D eigenvalue weighted by Crippen LogP contribution is 2.34. The van der Waals surface area contributed by atoms with Crippen molar-refractivity contribution in [1.29, 1.82) is 0 Å². The highest BCUT2D eigenvalue weighted by molar-refractivity contribution is 7.89. The normalized spacial score (nSPS) is 11.7. The van der Waals surface area contributed by atoms with Crippen LogP contribution in [0.2, 0.25) is 0 Å². The smallest absolute Gasteiger partial charge is 0.238 e. The molecule has 0 radical (unpaired) electrons. The minimum atomic E-state index is -3.97. The molecule has 11 nitrogen and oxygen atoms in total. The van der Waals surface area contributed by atoms with Crippen molar-refractivity contribution in [2.45, 2.75) is 11.4 Å². The fraction of sp³-hybridized carbons (Fsp3) is 0.211. The van der Waals surface area contributed by atoms with Gasteiger partial charge in [0, 0.05) is 44.6 Å². The SMILES string of the molecule is CN/C=C\N(N)CCNCc1ccc(-c2cccc(S(N)(=O)=O)c2-c2nnn[nH]2)cc1. The van der Waals surface area contributed by atoms with Crippen LogP contribution in [0.1, 0.15) is 5.56 Å². The Morgan fingerprint density at radius 2 is 1.97 bits per heavy atom. The van der Waals surface area contributed by atoms with Crippen LogP contribution in [0, 0.1) is 0 Å². The molecule has 164 valence electrons. The summed E-state index contributed by atoms with van der Waals surface area (Å²) in [6.45, 7) is 2.04. The Balaban J connectivity index is 1.77. The van der Waals surface area contributed by atoms with Crippen LogP contribution < -0.4 is 21.6 Å². The fourth-order valence-electron chi connectivity index (χ4n) is 3.01. The van der Waals surface area contributed by atoms with Gasteiger partial charge in [0.05, 0.1) is 4.90 Å². The molecule has 1 heterocycles. The van der Waals surface area contributed by atoms with Crippen LogP contribution in [0.4, 0.5) is 0 Å². The van der Waals surface area contributed by atoms with Crippen molar-refractivity contribution >= 4 is 10.0 Å². The van der Waals surface area contributed by atoms with Crippen molar-refractivity contribution in [3.63, 3.8) is 0 Å². The summed E-state index contributed by atoms with van der Waals surface area (Å²) in [4.78, 5) is -0.0482. The first-order valence-electron chi connectivity index (χ1n) is 9.45. The summed E-state index contributed by atoms with van der Waals surface area (Å²) >= 11 is 0. The fourth-order valence-corrected chi connectivity index (χ4v) is 3.77. The van der Waals surface area contributed by atoms with E-state index in [9.17, 15) is 8.42 Å². The van der Waals surface area contributed by atoms with Gasteiger partial charge < -0.3 is 15.6 Å². The molecule has 2 aromatic carbocycles. The largest absolute Gasteiger partial charge is 0.393 e. The summed E-state index contributed by atoms with van der Waals surface area (Å²) in [6.07, 6.45) is 3.51. The van der Waals surface area contributed by atoms with Gasteiger partial charge in [-0.15, -0.1) is 5.10 Å². The molecule has 31 heavy (non-hydrogen) atoms. The van der Waals surface area contributed by atoms with Gasteiger partial charge in [0.1, 0.15) is 0 Å². The number of rotatable bonds is 10. The second-order valence-corrected chi connectivity index (χ2v) is 8.22. The predicted octanol–water partition coefficient (Wildman–Crippen LogP) is 0.137. The summed E-state index contributed by atoms with van der Waals surface area (Å²) in [6, 6.07) is 12.6. The van der Waals surface area contributed by atoms with Gasteiger partial charge in [0.15, 0.2) is 5.82 Å². The summed E-state index contributed by atoms with van der Waals surface area (Å²) in [5.41, 5.74) is 2.87. The molecule has 0 unspecified atom stereocenters. The molecule has 0 aliphatic rings. The topological polar surface area (TPSA) is 168 Å². The van der Waals surface area contributed by atoms with E-state index >= 15 is 0 Å². The molecule has 0 aliphatic heterocycles. The van der Waals surface area contributed by atoms with Crippen LogP contribution >= 0.6 is 0 Å². The van der Waals surface area contributed by atoms with Crippen molar-refractivity contribution in [2.75, 3.05) is 20.1 Å². The highest BCUT2D eigenvalue weighted by Gasteiger charge is 2.21. The molecule has 0 aliphatic carbocycles. The Bertz CT molecular complexity index is 1110. The van der Waals surface area contributed by atoms with Crippen molar-refractivity contribution in [3.8, 4) is 22.5 Å². The minimum absolute atomic E-state index is 0.0482. The number of nitrogens with two attached hydrogens (primary N) is 2. The number of sulfonamides is 1. The number of hydrogen-bond donors (Lipinski definition) is 5. The third-order valence-corrected chi connectivity index (χ3v) is 5.44. The Morgan fingerprint density at radius 1 is 1.19 bits per heavy atom. The lowest BCUT2D eigenvalue weighted by Crippen LogP contribution is -2.33. The van der Waals surface area contributed by atoms with Crippen LogP contribution in [0.15, 0.2) is 59.8 Å². The maximum absolute atomic E-state index is 12.1. The van der Waals surface area contributed by atoms with E-state index in [0.717, 1.165) is 11.1 Å². The van der Waals surface area contributed by atoms with Crippen LogP contribution in [-0.2, 0) is 16.6 Å². The average molecular weight is 444 g/mol. The Labute approximate surface area is 180 Å².